The van der Waals surface area contributed by atoms with Crippen LogP contribution in [-0.4, -0.2) is 20.9 Å². The van der Waals surface area contributed by atoms with Crippen LogP contribution in [0, 0.1) is 21.7 Å². The number of nitrogens with zero attached hydrogens (tertiary/aromatic N) is 3. The van der Waals surface area contributed by atoms with E-state index < -0.39 is 16.6 Å². The van der Waals surface area contributed by atoms with E-state index in [0.717, 1.165) is 6.07 Å². The van der Waals surface area contributed by atoms with Crippen LogP contribution in [0.1, 0.15) is 5.56 Å². The van der Waals surface area contributed by atoms with Crippen molar-refractivity contribution < 1.29 is 13.7 Å². The van der Waals surface area contributed by atoms with Crippen molar-refractivity contribution in [2.45, 2.75) is 6.42 Å². The fourth-order valence-corrected chi connectivity index (χ4v) is 2.82. The third-order valence-corrected chi connectivity index (χ3v) is 3.87. The van der Waals surface area contributed by atoms with Gasteiger partial charge in [-0.05, 0) is 23.0 Å². The minimum atomic E-state index is -0.640. The number of aromatic nitrogens is 2. The Bertz CT molecular complexity index is 846. The normalized spacial score (nSPS) is 11.0. The number of anilines is 1. The summed E-state index contributed by atoms with van der Waals surface area (Å²) in [5.41, 5.74) is 0.331. The first-order chi connectivity index (χ1) is 10.6. The SMILES string of the molecule is O=[N+]([O-])c1c(NCCc2ccc(F)cc2F)nc2sccn12. The molecule has 9 heteroatoms. The predicted octanol–water partition coefficient (Wildman–Crippen LogP) is 3.24. The molecule has 3 aromatic rings. The number of benzene rings is 1. The van der Waals surface area contributed by atoms with Crippen LogP contribution in [0.25, 0.3) is 4.96 Å². The predicted molar refractivity (Wildman–Crippen MR) is 78.3 cm³/mol. The zero-order chi connectivity index (χ0) is 15.7. The molecule has 0 unspecified atom stereocenters. The van der Waals surface area contributed by atoms with E-state index in [2.05, 4.69) is 10.3 Å². The van der Waals surface area contributed by atoms with Crippen LogP contribution in [-0.2, 0) is 6.42 Å². The van der Waals surface area contributed by atoms with Gasteiger partial charge in [0.1, 0.15) is 17.8 Å². The molecule has 0 fully saturated rings. The van der Waals surface area contributed by atoms with Gasteiger partial charge in [0, 0.05) is 18.0 Å². The van der Waals surface area contributed by atoms with Gasteiger partial charge in [0.2, 0.25) is 5.82 Å². The van der Waals surface area contributed by atoms with Gasteiger partial charge in [0.25, 0.3) is 4.96 Å². The zero-order valence-corrected chi connectivity index (χ0v) is 11.9. The van der Waals surface area contributed by atoms with E-state index in [1.54, 1.807) is 11.6 Å². The molecule has 2 heterocycles. The number of rotatable bonds is 5. The number of imidazole rings is 1. The molecule has 0 aliphatic carbocycles. The van der Waals surface area contributed by atoms with E-state index >= 15 is 0 Å². The van der Waals surface area contributed by atoms with E-state index in [1.165, 1.54) is 27.9 Å². The van der Waals surface area contributed by atoms with Crippen molar-refractivity contribution in [3.63, 3.8) is 0 Å². The summed E-state index contributed by atoms with van der Waals surface area (Å²) in [7, 11) is 0. The van der Waals surface area contributed by atoms with Gasteiger partial charge in [0.15, 0.2) is 0 Å². The molecule has 0 spiro atoms. The molecule has 114 valence electrons. The average molecular weight is 324 g/mol. The minimum Gasteiger partial charge on any atom is -0.363 e. The minimum absolute atomic E-state index is 0.138. The molecule has 1 N–H and O–H groups in total. The number of hydrogen-bond acceptors (Lipinski definition) is 5. The first-order valence-electron chi connectivity index (χ1n) is 6.34. The molecule has 0 amide bonds. The number of hydrogen-bond donors (Lipinski definition) is 1. The number of nitro groups is 1. The second kappa shape index (κ2) is 5.68. The van der Waals surface area contributed by atoms with Crippen LogP contribution in [0.5, 0.6) is 0 Å². The second-order valence-electron chi connectivity index (χ2n) is 4.51. The molecule has 0 saturated carbocycles. The van der Waals surface area contributed by atoms with E-state index in [1.807, 2.05) is 0 Å². The Hall–Kier alpha value is -2.55. The molecule has 1 aromatic carbocycles. The lowest BCUT2D eigenvalue weighted by atomic mass is 10.1. The van der Waals surface area contributed by atoms with Gasteiger partial charge in [-0.25, -0.2) is 8.78 Å². The van der Waals surface area contributed by atoms with E-state index in [9.17, 15) is 18.9 Å². The average Bonchev–Trinajstić information content (AvgIpc) is 3.00. The third kappa shape index (κ3) is 2.62. The largest absolute Gasteiger partial charge is 0.372 e. The Kier molecular flexibility index (Phi) is 3.72. The molecule has 2 aromatic heterocycles. The van der Waals surface area contributed by atoms with Crippen LogP contribution in [0.4, 0.5) is 20.4 Å². The Morgan fingerprint density at radius 3 is 2.95 bits per heavy atom. The maximum atomic E-state index is 13.5. The molecule has 0 aliphatic rings. The molecule has 3 rings (SSSR count). The molecule has 22 heavy (non-hydrogen) atoms. The van der Waals surface area contributed by atoms with E-state index in [4.69, 9.17) is 0 Å². The smallest absolute Gasteiger partial charge is 0.363 e. The summed E-state index contributed by atoms with van der Waals surface area (Å²) in [5, 5.41) is 15.7. The number of thiazole rings is 1. The third-order valence-electron chi connectivity index (χ3n) is 3.11. The van der Waals surface area contributed by atoms with Crippen molar-refractivity contribution in [2.75, 3.05) is 11.9 Å². The van der Waals surface area contributed by atoms with Crippen molar-refractivity contribution in [2.24, 2.45) is 0 Å². The van der Waals surface area contributed by atoms with E-state index in [-0.39, 0.29) is 24.6 Å². The lowest BCUT2D eigenvalue weighted by Gasteiger charge is -2.05. The summed E-state index contributed by atoms with van der Waals surface area (Å²) in [6.45, 7) is 0.244. The lowest BCUT2D eigenvalue weighted by molar-refractivity contribution is -0.389. The standard InChI is InChI=1S/C13H10F2N4O2S/c14-9-2-1-8(10(15)7-9)3-4-16-11-12(19(20)21)18-5-6-22-13(18)17-11/h1-2,5-7,16H,3-4H2. The summed E-state index contributed by atoms with van der Waals surface area (Å²) in [5.74, 6) is -1.29. The molecular weight excluding hydrogens is 314 g/mol. The van der Waals surface area contributed by atoms with Gasteiger partial charge in [-0.1, -0.05) is 17.4 Å². The highest BCUT2D eigenvalue weighted by molar-refractivity contribution is 7.15. The summed E-state index contributed by atoms with van der Waals surface area (Å²) in [4.78, 5) is 15.2. The van der Waals surface area contributed by atoms with E-state index in [0.29, 0.717) is 10.5 Å². The Balaban J connectivity index is 1.75. The van der Waals surface area contributed by atoms with Crippen molar-refractivity contribution >= 4 is 27.9 Å². The Morgan fingerprint density at radius 2 is 2.23 bits per heavy atom. The first kappa shape index (κ1) is 14.4. The molecule has 0 bridgehead atoms. The van der Waals surface area contributed by atoms with Crippen LogP contribution >= 0.6 is 11.3 Å². The van der Waals surface area contributed by atoms with Crippen molar-refractivity contribution in [1.29, 1.82) is 0 Å². The quantitative estimate of drug-likeness (QED) is 0.578. The monoisotopic (exact) mass is 324 g/mol. The lowest BCUT2D eigenvalue weighted by Crippen LogP contribution is -2.08. The summed E-state index contributed by atoms with van der Waals surface area (Å²) in [6.07, 6.45) is 1.82. The molecule has 0 aliphatic heterocycles. The molecule has 0 radical (unpaired) electrons. The maximum Gasteiger partial charge on any atom is 0.372 e. The van der Waals surface area contributed by atoms with Gasteiger partial charge in [-0.2, -0.15) is 9.38 Å². The van der Waals surface area contributed by atoms with Gasteiger partial charge in [0.05, 0.1) is 0 Å². The van der Waals surface area contributed by atoms with Gasteiger partial charge in [-0.3, -0.25) is 0 Å². The summed E-state index contributed by atoms with van der Waals surface area (Å²) in [6, 6.07) is 3.34. The first-order valence-corrected chi connectivity index (χ1v) is 7.22. The van der Waals surface area contributed by atoms with Gasteiger partial charge >= 0.3 is 5.82 Å². The highest BCUT2D eigenvalue weighted by Crippen LogP contribution is 2.27. The molecule has 0 saturated heterocycles. The number of halogens is 2. The maximum absolute atomic E-state index is 13.5. The van der Waals surface area contributed by atoms with Crippen molar-refractivity contribution in [3.8, 4) is 0 Å². The van der Waals surface area contributed by atoms with Crippen LogP contribution < -0.4 is 5.32 Å². The van der Waals surface area contributed by atoms with Crippen LogP contribution in [0.3, 0.4) is 0 Å². The van der Waals surface area contributed by atoms with Crippen LogP contribution in [0.2, 0.25) is 0 Å². The fourth-order valence-electron chi connectivity index (χ4n) is 2.11. The molecule has 6 nitrogen and oxygen atoms in total. The molecule has 0 atom stereocenters. The van der Waals surface area contributed by atoms with Gasteiger partial charge < -0.3 is 15.4 Å². The zero-order valence-electron chi connectivity index (χ0n) is 11.1. The summed E-state index contributed by atoms with van der Waals surface area (Å²) < 4.78 is 27.7. The van der Waals surface area contributed by atoms with Gasteiger partial charge in [-0.15, -0.1) is 0 Å². The second-order valence-corrected chi connectivity index (χ2v) is 5.38. The number of nitrogens with one attached hydrogen (secondary N) is 1. The van der Waals surface area contributed by atoms with Crippen molar-refractivity contribution in [3.05, 3.63) is 57.1 Å². The van der Waals surface area contributed by atoms with Crippen LogP contribution in [0.15, 0.2) is 29.8 Å². The topological polar surface area (TPSA) is 72.5 Å². The summed E-state index contributed by atoms with van der Waals surface area (Å²) >= 11 is 1.28. The Morgan fingerprint density at radius 1 is 1.41 bits per heavy atom. The highest BCUT2D eigenvalue weighted by Gasteiger charge is 2.23. The molecular formula is C13H10F2N4O2S. The highest BCUT2D eigenvalue weighted by atomic mass is 32.1. The fraction of sp³-hybridized carbons (Fsp3) is 0.154. The number of fused-ring (bicyclic) bond motifs is 1. The van der Waals surface area contributed by atoms with Crippen molar-refractivity contribution in [1.82, 2.24) is 9.38 Å². The Labute approximate surface area is 127 Å².